The highest BCUT2D eigenvalue weighted by Crippen LogP contribution is 2.29. The second-order valence-electron chi connectivity index (χ2n) is 2.90. The molecule has 1 aromatic carbocycles. The van der Waals surface area contributed by atoms with E-state index in [1.165, 1.54) is 19.1 Å². The van der Waals surface area contributed by atoms with Crippen LogP contribution in [-0.4, -0.2) is 10.7 Å². The maximum Gasteiger partial charge on any atom is 0.281 e. The Kier molecular flexibility index (Phi) is 2.86. The van der Waals surface area contributed by atoms with Crippen LogP contribution in [0.1, 0.15) is 22.8 Å². The average Bonchev–Trinajstić information content (AvgIpc) is 2.08. The molecular formula is C9H8ClNO3. The summed E-state index contributed by atoms with van der Waals surface area (Å²) in [7, 11) is 0. The molecule has 0 aliphatic carbocycles. The van der Waals surface area contributed by atoms with Crippen molar-refractivity contribution in [3.05, 3.63) is 38.4 Å². The summed E-state index contributed by atoms with van der Waals surface area (Å²) in [5, 5.41) is 10.7. The summed E-state index contributed by atoms with van der Waals surface area (Å²) in [6.45, 7) is 2.95. The topological polar surface area (TPSA) is 60.2 Å². The van der Waals surface area contributed by atoms with Crippen LogP contribution in [0.4, 0.5) is 5.69 Å². The Bertz CT molecular complexity index is 415. The molecule has 5 heteroatoms. The van der Waals surface area contributed by atoms with Gasteiger partial charge in [-0.25, -0.2) is 0 Å². The zero-order valence-electron chi connectivity index (χ0n) is 7.70. The quantitative estimate of drug-likeness (QED) is 0.431. The minimum Gasteiger partial charge on any atom is -0.294 e. The monoisotopic (exact) mass is 213 g/mol. The molecule has 0 aromatic heterocycles. The minimum atomic E-state index is -0.609. The molecule has 1 rings (SSSR count). The normalized spacial score (nSPS) is 9.93. The van der Waals surface area contributed by atoms with Crippen LogP contribution in [0.15, 0.2) is 12.1 Å². The van der Waals surface area contributed by atoms with Gasteiger partial charge in [0.05, 0.1) is 9.95 Å². The van der Waals surface area contributed by atoms with Crippen molar-refractivity contribution >= 4 is 23.1 Å². The number of Topliss-reactive ketones (excluding diaryl/α,β-unsaturated/α-hetero) is 1. The van der Waals surface area contributed by atoms with Crippen LogP contribution in [0.25, 0.3) is 0 Å². The SMILES string of the molecule is CC(=O)c1c([N+](=O)[O-])ccc(C)c1Cl. The first kappa shape index (κ1) is 10.7. The van der Waals surface area contributed by atoms with Crippen molar-refractivity contribution in [2.24, 2.45) is 0 Å². The van der Waals surface area contributed by atoms with Crippen molar-refractivity contribution in [2.75, 3.05) is 0 Å². The van der Waals surface area contributed by atoms with E-state index in [-0.39, 0.29) is 16.3 Å². The number of halogens is 1. The van der Waals surface area contributed by atoms with Crippen LogP contribution in [0.5, 0.6) is 0 Å². The molecule has 0 atom stereocenters. The molecule has 0 saturated heterocycles. The highest BCUT2D eigenvalue weighted by atomic mass is 35.5. The van der Waals surface area contributed by atoms with E-state index < -0.39 is 10.7 Å². The largest absolute Gasteiger partial charge is 0.294 e. The van der Waals surface area contributed by atoms with E-state index in [9.17, 15) is 14.9 Å². The molecule has 0 saturated carbocycles. The number of benzene rings is 1. The summed E-state index contributed by atoms with van der Waals surface area (Å²) in [5.41, 5.74) is 0.396. The first-order chi connectivity index (χ1) is 6.45. The lowest BCUT2D eigenvalue weighted by molar-refractivity contribution is -0.385. The van der Waals surface area contributed by atoms with Crippen molar-refractivity contribution in [2.45, 2.75) is 13.8 Å². The summed E-state index contributed by atoms with van der Waals surface area (Å²) >= 11 is 5.81. The highest BCUT2D eigenvalue weighted by molar-refractivity contribution is 6.35. The Morgan fingerprint density at radius 1 is 1.50 bits per heavy atom. The number of carbonyl (C=O) groups is 1. The van der Waals surface area contributed by atoms with Crippen LogP contribution in [-0.2, 0) is 0 Å². The number of nitro groups is 1. The van der Waals surface area contributed by atoms with E-state index >= 15 is 0 Å². The van der Waals surface area contributed by atoms with Crippen LogP contribution in [0, 0.1) is 17.0 Å². The number of nitro benzene ring substituents is 1. The Labute approximate surface area is 85.6 Å². The van der Waals surface area contributed by atoms with Crippen molar-refractivity contribution in [1.82, 2.24) is 0 Å². The Balaban J connectivity index is 3.53. The fourth-order valence-corrected chi connectivity index (χ4v) is 1.45. The molecule has 0 radical (unpaired) electrons. The Morgan fingerprint density at radius 3 is 2.50 bits per heavy atom. The number of aryl methyl sites for hydroxylation is 1. The van der Waals surface area contributed by atoms with E-state index in [0.717, 1.165) is 0 Å². The minimum absolute atomic E-state index is 0.0170. The van der Waals surface area contributed by atoms with Crippen LogP contribution >= 0.6 is 11.6 Å². The number of hydrogen-bond acceptors (Lipinski definition) is 3. The third kappa shape index (κ3) is 1.75. The van der Waals surface area contributed by atoms with Crippen LogP contribution in [0.2, 0.25) is 5.02 Å². The van der Waals surface area contributed by atoms with Gasteiger partial charge in [0.2, 0.25) is 0 Å². The van der Waals surface area contributed by atoms with Gasteiger partial charge in [0, 0.05) is 6.07 Å². The summed E-state index contributed by atoms with van der Waals surface area (Å²) in [5.74, 6) is -0.398. The maximum atomic E-state index is 11.2. The second kappa shape index (κ2) is 3.75. The predicted molar refractivity (Wildman–Crippen MR) is 52.8 cm³/mol. The zero-order chi connectivity index (χ0) is 10.9. The van der Waals surface area contributed by atoms with Crippen molar-refractivity contribution in [3.8, 4) is 0 Å². The molecule has 4 nitrogen and oxygen atoms in total. The van der Waals surface area contributed by atoms with E-state index in [1.54, 1.807) is 6.92 Å². The van der Waals surface area contributed by atoms with Gasteiger partial charge in [0.1, 0.15) is 5.56 Å². The molecule has 74 valence electrons. The van der Waals surface area contributed by atoms with Gasteiger partial charge in [-0.2, -0.15) is 0 Å². The summed E-state index contributed by atoms with van der Waals surface area (Å²) < 4.78 is 0. The van der Waals surface area contributed by atoms with Gasteiger partial charge in [0.25, 0.3) is 5.69 Å². The average molecular weight is 214 g/mol. The van der Waals surface area contributed by atoms with Gasteiger partial charge in [-0.1, -0.05) is 17.7 Å². The smallest absolute Gasteiger partial charge is 0.281 e. The van der Waals surface area contributed by atoms with Gasteiger partial charge < -0.3 is 0 Å². The Morgan fingerprint density at radius 2 is 2.07 bits per heavy atom. The molecule has 0 fully saturated rings. The van der Waals surface area contributed by atoms with Gasteiger partial charge in [-0.05, 0) is 19.4 Å². The van der Waals surface area contributed by atoms with E-state index in [2.05, 4.69) is 0 Å². The number of hydrogen-bond donors (Lipinski definition) is 0. The first-order valence-electron chi connectivity index (χ1n) is 3.89. The number of rotatable bonds is 2. The molecule has 0 N–H and O–H groups in total. The van der Waals surface area contributed by atoms with Gasteiger partial charge in [0.15, 0.2) is 5.78 Å². The fourth-order valence-electron chi connectivity index (χ4n) is 1.16. The fraction of sp³-hybridized carbons (Fsp3) is 0.222. The van der Waals surface area contributed by atoms with E-state index in [0.29, 0.717) is 5.56 Å². The first-order valence-corrected chi connectivity index (χ1v) is 4.27. The lowest BCUT2D eigenvalue weighted by Crippen LogP contribution is -2.02. The summed E-state index contributed by atoms with van der Waals surface area (Å²) in [6.07, 6.45) is 0. The van der Waals surface area contributed by atoms with Crippen molar-refractivity contribution < 1.29 is 9.72 Å². The molecule has 0 spiro atoms. The lowest BCUT2D eigenvalue weighted by Gasteiger charge is -2.03. The molecule has 0 aliphatic rings. The van der Waals surface area contributed by atoms with Gasteiger partial charge >= 0.3 is 0 Å². The number of nitrogens with zero attached hydrogens (tertiary/aromatic N) is 1. The molecule has 14 heavy (non-hydrogen) atoms. The maximum absolute atomic E-state index is 11.2. The third-order valence-corrected chi connectivity index (χ3v) is 2.35. The molecule has 0 amide bonds. The summed E-state index contributed by atoms with van der Waals surface area (Å²) in [6, 6.07) is 2.81. The van der Waals surface area contributed by atoms with Crippen molar-refractivity contribution in [1.29, 1.82) is 0 Å². The molecular weight excluding hydrogens is 206 g/mol. The molecule has 0 heterocycles. The number of carbonyl (C=O) groups excluding carboxylic acids is 1. The Hall–Kier alpha value is -1.42. The van der Waals surface area contributed by atoms with Gasteiger partial charge in [-0.3, -0.25) is 14.9 Å². The standard InChI is InChI=1S/C9H8ClNO3/c1-5-3-4-7(11(13)14)8(6(2)12)9(5)10/h3-4H,1-2H3. The van der Waals surface area contributed by atoms with Crippen LogP contribution in [0.3, 0.4) is 0 Å². The van der Waals surface area contributed by atoms with Crippen LogP contribution < -0.4 is 0 Å². The second-order valence-corrected chi connectivity index (χ2v) is 3.28. The van der Waals surface area contributed by atoms with Gasteiger partial charge in [-0.15, -0.1) is 0 Å². The predicted octanol–water partition coefficient (Wildman–Crippen LogP) is 2.76. The van der Waals surface area contributed by atoms with E-state index in [1.807, 2.05) is 0 Å². The lowest BCUT2D eigenvalue weighted by atomic mass is 10.1. The molecule has 0 bridgehead atoms. The summed E-state index contributed by atoms with van der Waals surface area (Å²) in [4.78, 5) is 21.1. The zero-order valence-corrected chi connectivity index (χ0v) is 8.46. The molecule has 0 unspecified atom stereocenters. The third-order valence-electron chi connectivity index (χ3n) is 1.86. The molecule has 0 aliphatic heterocycles. The van der Waals surface area contributed by atoms with E-state index in [4.69, 9.17) is 11.6 Å². The van der Waals surface area contributed by atoms with Crippen molar-refractivity contribution in [3.63, 3.8) is 0 Å². The number of ketones is 1. The highest BCUT2D eigenvalue weighted by Gasteiger charge is 2.21. The molecule has 1 aromatic rings.